The van der Waals surface area contributed by atoms with Crippen LogP contribution in [0, 0.1) is 0 Å². The summed E-state index contributed by atoms with van der Waals surface area (Å²) in [5, 5.41) is 0. The SMILES string of the molecule is CC(C)(N)O[N+](N)(N)C(C)(C)C. The molecule has 0 radical (unpaired) electrons. The molecule has 74 valence electrons. The van der Waals surface area contributed by atoms with E-state index in [1.807, 2.05) is 20.8 Å². The Morgan fingerprint density at radius 2 is 1.33 bits per heavy atom. The molecular formula is C7H21N4O+. The molecule has 0 bridgehead atoms. The third-order valence-electron chi connectivity index (χ3n) is 1.43. The summed E-state index contributed by atoms with van der Waals surface area (Å²) < 4.78 is 0. The Morgan fingerprint density at radius 3 is 1.42 bits per heavy atom. The Kier molecular flexibility index (Phi) is 2.89. The first-order valence-electron chi connectivity index (χ1n) is 3.92. The second-order valence-corrected chi connectivity index (χ2v) is 4.57. The predicted molar refractivity (Wildman–Crippen MR) is 47.7 cm³/mol. The van der Waals surface area contributed by atoms with Crippen molar-refractivity contribution < 1.29 is 9.70 Å². The molecule has 5 nitrogen and oxygen atoms in total. The van der Waals surface area contributed by atoms with Crippen molar-refractivity contribution >= 4 is 0 Å². The number of hydrogen-bond acceptors (Lipinski definition) is 4. The standard InChI is InChI=1S/C7H21N4O/c1-6(2,3)11(9,10)12-7(4,5)8/h8-10H2,1-5H3/q+1. The second-order valence-electron chi connectivity index (χ2n) is 4.57. The van der Waals surface area contributed by atoms with Gasteiger partial charge >= 0.3 is 0 Å². The molecular weight excluding hydrogens is 156 g/mol. The van der Waals surface area contributed by atoms with Gasteiger partial charge in [-0.05, 0) is 39.5 Å². The van der Waals surface area contributed by atoms with Crippen molar-refractivity contribution in [1.29, 1.82) is 0 Å². The van der Waals surface area contributed by atoms with Crippen molar-refractivity contribution in [2.24, 2.45) is 17.4 Å². The number of nitrogens with two attached hydrogens (primary N) is 3. The number of quaternary nitrogens is 1. The highest BCUT2D eigenvalue weighted by atomic mass is 16.8. The highest BCUT2D eigenvalue weighted by molar-refractivity contribution is 4.57. The zero-order valence-corrected chi connectivity index (χ0v) is 8.59. The smallest absolute Gasteiger partial charge is 0.175 e. The Morgan fingerprint density at radius 1 is 1.00 bits per heavy atom. The van der Waals surface area contributed by atoms with E-state index in [4.69, 9.17) is 22.3 Å². The van der Waals surface area contributed by atoms with Crippen LogP contribution < -0.4 is 17.4 Å². The lowest BCUT2D eigenvalue weighted by Gasteiger charge is -2.39. The molecule has 6 N–H and O–H groups in total. The molecule has 0 unspecified atom stereocenters. The van der Waals surface area contributed by atoms with E-state index in [0.717, 1.165) is 0 Å². The lowest BCUT2D eigenvalue weighted by Crippen LogP contribution is -2.73. The van der Waals surface area contributed by atoms with Crippen LogP contribution in [0.4, 0.5) is 0 Å². The highest BCUT2D eigenvalue weighted by Gasteiger charge is 2.41. The maximum Gasteiger partial charge on any atom is 0.175 e. The summed E-state index contributed by atoms with van der Waals surface area (Å²) in [5.74, 6) is 11.4. The highest BCUT2D eigenvalue weighted by Crippen LogP contribution is 2.18. The number of hydrogen-bond donors (Lipinski definition) is 3. The van der Waals surface area contributed by atoms with E-state index in [0.29, 0.717) is 0 Å². The van der Waals surface area contributed by atoms with Crippen LogP contribution in [-0.2, 0) is 4.84 Å². The Bertz CT molecular complexity index is 154. The quantitative estimate of drug-likeness (QED) is 0.239. The van der Waals surface area contributed by atoms with E-state index < -0.39 is 16.1 Å². The molecule has 12 heavy (non-hydrogen) atoms. The van der Waals surface area contributed by atoms with Crippen LogP contribution in [0.1, 0.15) is 34.6 Å². The van der Waals surface area contributed by atoms with Crippen LogP contribution >= 0.6 is 0 Å². The third kappa shape index (κ3) is 3.46. The van der Waals surface area contributed by atoms with Crippen molar-refractivity contribution in [3.8, 4) is 0 Å². The van der Waals surface area contributed by atoms with Gasteiger partial charge in [-0.3, -0.25) is 5.73 Å². The lowest BCUT2D eigenvalue weighted by atomic mass is 10.1. The van der Waals surface area contributed by atoms with Gasteiger partial charge in [-0.25, -0.2) is 0 Å². The van der Waals surface area contributed by atoms with Crippen LogP contribution in [0.5, 0.6) is 0 Å². The summed E-state index contributed by atoms with van der Waals surface area (Å²) in [4.78, 5) is 4.72. The minimum atomic E-state index is -0.837. The van der Waals surface area contributed by atoms with Gasteiger partial charge in [-0.15, -0.1) is 16.5 Å². The summed E-state index contributed by atoms with van der Waals surface area (Å²) in [6.45, 7) is 9.02. The topological polar surface area (TPSA) is 87.3 Å². The molecule has 0 saturated heterocycles. The van der Waals surface area contributed by atoms with E-state index in [9.17, 15) is 0 Å². The van der Waals surface area contributed by atoms with Gasteiger partial charge in [0.1, 0.15) is 0 Å². The number of nitrogens with zero attached hydrogens (tertiary/aromatic N) is 1. The summed E-state index contributed by atoms with van der Waals surface area (Å²) in [6.07, 6.45) is 0. The van der Waals surface area contributed by atoms with Gasteiger partial charge in [-0.1, -0.05) is 0 Å². The fourth-order valence-electron chi connectivity index (χ4n) is 0.526. The molecule has 0 aromatic rings. The van der Waals surface area contributed by atoms with Gasteiger partial charge in [0.25, 0.3) is 0 Å². The number of rotatable bonds is 2. The first-order chi connectivity index (χ1) is 4.96. The molecule has 0 aromatic carbocycles. The maximum atomic E-state index is 5.69. The Labute approximate surface area is 73.9 Å². The zero-order chi connectivity index (χ0) is 10.2. The van der Waals surface area contributed by atoms with Gasteiger partial charge in [0.2, 0.25) is 0 Å². The predicted octanol–water partition coefficient (Wildman–Crippen LogP) is -0.0245. The summed E-state index contributed by atoms with van der Waals surface area (Å²) in [6, 6.07) is 0. The van der Waals surface area contributed by atoms with Crippen molar-refractivity contribution in [2.45, 2.75) is 45.9 Å². The zero-order valence-electron chi connectivity index (χ0n) is 8.59. The monoisotopic (exact) mass is 177 g/mol. The molecule has 0 aliphatic rings. The van der Waals surface area contributed by atoms with Crippen LogP contribution in [-0.4, -0.2) is 16.1 Å². The summed E-state index contributed by atoms with van der Waals surface area (Å²) in [5.41, 5.74) is 4.38. The summed E-state index contributed by atoms with van der Waals surface area (Å²) in [7, 11) is 0. The normalized spacial score (nSPS) is 15.0. The van der Waals surface area contributed by atoms with E-state index in [1.54, 1.807) is 13.8 Å². The van der Waals surface area contributed by atoms with Gasteiger partial charge in [0.05, 0.1) is 0 Å². The average Bonchev–Trinajstić information content (AvgIpc) is 1.52. The number of hydroxylamine groups is 1. The van der Waals surface area contributed by atoms with Crippen LogP contribution in [0.25, 0.3) is 0 Å². The van der Waals surface area contributed by atoms with Crippen molar-refractivity contribution in [3.63, 3.8) is 0 Å². The van der Waals surface area contributed by atoms with Crippen molar-refractivity contribution in [1.82, 2.24) is 0 Å². The average molecular weight is 177 g/mol. The van der Waals surface area contributed by atoms with Crippen LogP contribution in [0.3, 0.4) is 0 Å². The van der Waals surface area contributed by atoms with E-state index in [2.05, 4.69) is 0 Å². The summed E-state index contributed by atoms with van der Waals surface area (Å²) >= 11 is 0. The fraction of sp³-hybridized carbons (Fsp3) is 1.00. The molecule has 0 rings (SSSR count). The lowest BCUT2D eigenvalue weighted by molar-refractivity contribution is -1.17. The minimum Gasteiger partial charge on any atom is -0.299 e. The molecule has 0 amide bonds. The molecule has 0 atom stereocenters. The van der Waals surface area contributed by atoms with E-state index in [1.165, 1.54) is 0 Å². The van der Waals surface area contributed by atoms with Crippen LogP contribution in [0.2, 0.25) is 0 Å². The molecule has 0 heterocycles. The van der Waals surface area contributed by atoms with Gasteiger partial charge in [0.15, 0.2) is 11.3 Å². The van der Waals surface area contributed by atoms with Gasteiger partial charge in [0, 0.05) is 0 Å². The van der Waals surface area contributed by atoms with Crippen molar-refractivity contribution in [2.75, 3.05) is 0 Å². The molecule has 5 heteroatoms. The van der Waals surface area contributed by atoms with E-state index >= 15 is 0 Å². The molecule has 0 spiro atoms. The first kappa shape index (κ1) is 11.8. The van der Waals surface area contributed by atoms with E-state index in [-0.39, 0.29) is 0 Å². The molecule has 0 aliphatic heterocycles. The molecule has 0 fully saturated rings. The Balaban J connectivity index is 4.44. The largest absolute Gasteiger partial charge is 0.299 e. The van der Waals surface area contributed by atoms with Crippen molar-refractivity contribution in [3.05, 3.63) is 0 Å². The second kappa shape index (κ2) is 2.93. The van der Waals surface area contributed by atoms with Gasteiger partial charge in [-0.2, -0.15) is 0 Å². The Hall–Kier alpha value is -0.200. The third-order valence-corrected chi connectivity index (χ3v) is 1.43. The molecule has 0 aliphatic carbocycles. The molecule has 0 saturated carbocycles. The van der Waals surface area contributed by atoms with Gasteiger partial charge < -0.3 is 0 Å². The fourth-order valence-corrected chi connectivity index (χ4v) is 0.526. The van der Waals surface area contributed by atoms with Crippen LogP contribution in [0.15, 0.2) is 0 Å². The first-order valence-corrected chi connectivity index (χ1v) is 3.92. The minimum absolute atomic E-state index is 0.406. The maximum absolute atomic E-state index is 5.69. The molecule has 0 aromatic heterocycles.